The molecular formula is C17H27N3S. The average molecular weight is 305 g/mol. The van der Waals surface area contributed by atoms with Gasteiger partial charge in [0.25, 0.3) is 0 Å². The molecule has 1 aromatic rings. The van der Waals surface area contributed by atoms with Crippen LogP contribution in [0.3, 0.4) is 0 Å². The van der Waals surface area contributed by atoms with Crippen LogP contribution < -0.4 is 10.6 Å². The summed E-state index contributed by atoms with van der Waals surface area (Å²) in [5.41, 5.74) is 2.45. The Bertz CT molecular complexity index is 450. The second-order valence-corrected chi connectivity index (χ2v) is 6.52. The van der Waals surface area contributed by atoms with Crippen LogP contribution >= 0.6 is 12.2 Å². The van der Waals surface area contributed by atoms with Gasteiger partial charge in [-0.15, -0.1) is 0 Å². The van der Waals surface area contributed by atoms with E-state index in [1.165, 1.54) is 12.0 Å². The van der Waals surface area contributed by atoms with Crippen LogP contribution in [0.2, 0.25) is 0 Å². The van der Waals surface area contributed by atoms with E-state index in [4.69, 9.17) is 12.2 Å². The van der Waals surface area contributed by atoms with E-state index in [1.807, 2.05) is 0 Å². The topological polar surface area (TPSA) is 27.3 Å². The standard InChI is InChI=1S/C17H27N3S/c1-4-13(2)14-5-7-15(8-6-14)18-17(21)19-16-9-11-20(3)12-10-16/h5-8,13,16H,4,9-12H2,1-3H3,(H2,18,19,21)/t13-/m1/s1. The van der Waals surface area contributed by atoms with Crippen molar-refractivity contribution in [3.63, 3.8) is 0 Å². The third-order valence-corrected chi connectivity index (χ3v) is 4.62. The Morgan fingerprint density at radius 2 is 1.90 bits per heavy atom. The number of likely N-dealkylation sites (tertiary alicyclic amines) is 1. The lowest BCUT2D eigenvalue weighted by Crippen LogP contribution is -2.44. The fourth-order valence-electron chi connectivity index (χ4n) is 2.64. The molecule has 1 aliphatic rings. The Kier molecular flexibility index (Phi) is 6.00. The third kappa shape index (κ3) is 4.97. The van der Waals surface area contributed by atoms with Gasteiger partial charge in [0.05, 0.1) is 0 Å². The van der Waals surface area contributed by atoms with E-state index >= 15 is 0 Å². The first kappa shape index (κ1) is 16.2. The molecule has 1 fully saturated rings. The van der Waals surface area contributed by atoms with Crippen LogP contribution in [0.15, 0.2) is 24.3 Å². The molecule has 0 bridgehead atoms. The van der Waals surface area contributed by atoms with E-state index in [2.05, 4.69) is 60.7 Å². The van der Waals surface area contributed by atoms with Gasteiger partial charge in [-0.05, 0) is 75.2 Å². The van der Waals surface area contributed by atoms with Crippen molar-refractivity contribution in [1.29, 1.82) is 0 Å². The zero-order valence-electron chi connectivity index (χ0n) is 13.4. The number of nitrogens with one attached hydrogen (secondary N) is 2. The van der Waals surface area contributed by atoms with Gasteiger partial charge in [-0.25, -0.2) is 0 Å². The van der Waals surface area contributed by atoms with Crippen LogP contribution in [-0.4, -0.2) is 36.2 Å². The zero-order chi connectivity index (χ0) is 15.2. The summed E-state index contributed by atoms with van der Waals surface area (Å²) in [5.74, 6) is 0.614. The summed E-state index contributed by atoms with van der Waals surface area (Å²) in [7, 11) is 2.17. The second-order valence-electron chi connectivity index (χ2n) is 6.11. The van der Waals surface area contributed by atoms with Crippen molar-refractivity contribution >= 4 is 23.0 Å². The van der Waals surface area contributed by atoms with Crippen molar-refractivity contribution in [3.8, 4) is 0 Å². The number of rotatable bonds is 4. The van der Waals surface area contributed by atoms with Crippen molar-refractivity contribution in [2.45, 2.75) is 45.1 Å². The molecule has 0 aliphatic carbocycles. The van der Waals surface area contributed by atoms with Gasteiger partial charge in [0.2, 0.25) is 0 Å². The highest BCUT2D eigenvalue weighted by Gasteiger charge is 2.17. The van der Waals surface area contributed by atoms with Crippen LogP contribution in [0.4, 0.5) is 5.69 Å². The van der Waals surface area contributed by atoms with E-state index in [0.717, 1.165) is 36.7 Å². The number of thiocarbonyl (C=S) groups is 1. The predicted molar refractivity (Wildman–Crippen MR) is 95.0 cm³/mol. The highest BCUT2D eigenvalue weighted by Crippen LogP contribution is 2.20. The van der Waals surface area contributed by atoms with Crippen molar-refractivity contribution in [3.05, 3.63) is 29.8 Å². The van der Waals surface area contributed by atoms with Crippen molar-refractivity contribution in [2.75, 3.05) is 25.5 Å². The van der Waals surface area contributed by atoms with E-state index < -0.39 is 0 Å². The van der Waals surface area contributed by atoms with E-state index in [1.54, 1.807) is 0 Å². The molecule has 1 saturated heterocycles. The van der Waals surface area contributed by atoms with Crippen LogP contribution in [0.5, 0.6) is 0 Å². The van der Waals surface area contributed by atoms with Crippen molar-refractivity contribution in [2.24, 2.45) is 0 Å². The molecule has 0 amide bonds. The van der Waals surface area contributed by atoms with Gasteiger partial charge in [-0.1, -0.05) is 26.0 Å². The molecule has 0 radical (unpaired) electrons. The SMILES string of the molecule is CC[C@@H](C)c1ccc(NC(=S)NC2CCN(C)CC2)cc1. The summed E-state index contributed by atoms with van der Waals surface area (Å²) >= 11 is 5.42. The quantitative estimate of drug-likeness (QED) is 0.832. The largest absolute Gasteiger partial charge is 0.360 e. The minimum Gasteiger partial charge on any atom is -0.360 e. The first-order chi connectivity index (χ1) is 10.1. The average Bonchev–Trinajstić information content (AvgIpc) is 2.49. The Labute approximate surface area is 134 Å². The highest BCUT2D eigenvalue weighted by atomic mass is 32.1. The number of hydrogen-bond donors (Lipinski definition) is 2. The number of hydrogen-bond acceptors (Lipinski definition) is 2. The molecule has 0 aromatic heterocycles. The molecule has 4 heteroatoms. The van der Waals surface area contributed by atoms with Crippen LogP contribution in [0.25, 0.3) is 0 Å². The normalized spacial score (nSPS) is 18.2. The molecule has 1 heterocycles. The lowest BCUT2D eigenvalue weighted by molar-refractivity contribution is 0.247. The van der Waals surface area contributed by atoms with E-state index in [0.29, 0.717) is 12.0 Å². The Morgan fingerprint density at radius 3 is 2.48 bits per heavy atom. The molecule has 1 aromatic carbocycles. The summed E-state index contributed by atoms with van der Waals surface area (Å²) in [6, 6.07) is 9.11. The number of nitrogens with zero attached hydrogens (tertiary/aromatic N) is 1. The summed E-state index contributed by atoms with van der Waals surface area (Å²) in [6.45, 7) is 6.76. The number of piperidine rings is 1. The molecule has 2 N–H and O–H groups in total. The molecule has 21 heavy (non-hydrogen) atoms. The van der Waals surface area contributed by atoms with Crippen molar-refractivity contribution < 1.29 is 0 Å². The van der Waals surface area contributed by atoms with Gasteiger partial charge in [0.15, 0.2) is 5.11 Å². The summed E-state index contributed by atoms with van der Waals surface area (Å²) in [6.07, 6.45) is 3.49. The second kappa shape index (κ2) is 7.76. The molecule has 1 aliphatic heterocycles. The van der Waals surface area contributed by atoms with E-state index in [9.17, 15) is 0 Å². The number of benzene rings is 1. The molecule has 0 saturated carbocycles. The molecule has 0 unspecified atom stereocenters. The molecule has 1 atom stereocenters. The monoisotopic (exact) mass is 305 g/mol. The minimum atomic E-state index is 0.501. The lowest BCUT2D eigenvalue weighted by Gasteiger charge is -2.30. The van der Waals surface area contributed by atoms with Gasteiger partial charge in [0, 0.05) is 11.7 Å². The molecule has 2 rings (SSSR count). The maximum absolute atomic E-state index is 5.42. The maximum Gasteiger partial charge on any atom is 0.170 e. The van der Waals surface area contributed by atoms with Crippen LogP contribution in [-0.2, 0) is 0 Å². The maximum atomic E-state index is 5.42. The first-order valence-electron chi connectivity index (χ1n) is 7.94. The molecular weight excluding hydrogens is 278 g/mol. The third-order valence-electron chi connectivity index (χ3n) is 4.40. The predicted octanol–water partition coefficient (Wildman–Crippen LogP) is 3.58. The minimum absolute atomic E-state index is 0.501. The van der Waals surface area contributed by atoms with Crippen LogP contribution in [0.1, 0.15) is 44.6 Å². The first-order valence-corrected chi connectivity index (χ1v) is 8.35. The summed E-state index contributed by atoms with van der Waals surface area (Å²) in [5, 5.41) is 7.46. The van der Waals surface area contributed by atoms with Gasteiger partial charge in [-0.2, -0.15) is 0 Å². The fourth-order valence-corrected chi connectivity index (χ4v) is 2.92. The highest BCUT2D eigenvalue weighted by molar-refractivity contribution is 7.80. The fraction of sp³-hybridized carbons (Fsp3) is 0.588. The van der Waals surface area contributed by atoms with Gasteiger partial charge >= 0.3 is 0 Å². The van der Waals surface area contributed by atoms with Gasteiger partial charge in [-0.3, -0.25) is 0 Å². The summed E-state index contributed by atoms with van der Waals surface area (Å²) < 4.78 is 0. The van der Waals surface area contributed by atoms with E-state index in [-0.39, 0.29) is 0 Å². The zero-order valence-corrected chi connectivity index (χ0v) is 14.2. The molecule has 116 valence electrons. The van der Waals surface area contributed by atoms with Gasteiger partial charge in [0.1, 0.15) is 0 Å². The summed E-state index contributed by atoms with van der Waals surface area (Å²) in [4.78, 5) is 2.36. The Balaban J connectivity index is 1.82. The molecule has 3 nitrogen and oxygen atoms in total. The number of anilines is 1. The Morgan fingerprint density at radius 1 is 1.29 bits per heavy atom. The van der Waals surface area contributed by atoms with Crippen LogP contribution in [0, 0.1) is 0 Å². The molecule has 0 spiro atoms. The Hall–Kier alpha value is -1.13. The lowest BCUT2D eigenvalue weighted by atomic mass is 9.99. The van der Waals surface area contributed by atoms with Gasteiger partial charge < -0.3 is 15.5 Å². The smallest absolute Gasteiger partial charge is 0.170 e. The van der Waals surface area contributed by atoms with Crippen molar-refractivity contribution in [1.82, 2.24) is 10.2 Å².